The molecule has 0 saturated carbocycles. The minimum absolute atomic E-state index is 0.130. The summed E-state index contributed by atoms with van der Waals surface area (Å²) in [4.78, 5) is 4.48. The Hall–Kier alpha value is -1.39. The number of rotatable bonds is 6. The third kappa shape index (κ3) is 4.47. The second-order valence-corrected chi connectivity index (χ2v) is 5.10. The second kappa shape index (κ2) is 6.52. The lowest BCUT2D eigenvalue weighted by atomic mass is 10.0. The van der Waals surface area contributed by atoms with Gasteiger partial charge in [-0.15, -0.1) is 0 Å². The van der Waals surface area contributed by atoms with Gasteiger partial charge in [-0.2, -0.15) is 0 Å². The van der Waals surface area contributed by atoms with Gasteiger partial charge < -0.3 is 15.5 Å². The van der Waals surface area contributed by atoms with E-state index in [9.17, 15) is 0 Å². The van der Waals surface area contributed by atoms with E-state index in [1.807, 2.05) is 12.1 Å². The Bertz CT molecular complexity index is 412. The summed E-state index contributed by atoms with van der Waals surface area (Å²) < 4.78 is 0. The van der Waals surface area contributed by atoms with E-state index < -0.39 is 0 Å². The number of amidine groups is 1. The highest BCUT2D eigenvalue weighted by Gasteiger charge is 2.05. The van der Waals surface area contributed by atoms with Crippen LogP contribution in [0, 0.1) is 12.3 Å². The van der Waals surface area contributed by atoms with Crippen molar-refractivity contribution in [2.45, 2.75) is 13.5 Å². The number of benzene rings is 1. The maximum absolute atomic E-state index is 7.42. The van der Waals surface area contributed by atoms with Crippen LogP contribution in [-0.4, -0.2) is 49.9 Å². The maximum atomic E-state index is 7.42. The van der Waals surface area contributed by atoms with Crippen molar-refractivity contribution in [3.63, 3.8) is 0 Å². The smallest absolute Gasteiger partial charge is 0.122 e. The summed E-state index contributed by atoms with van der Waals surface area (Å²) >= 11 is 0. The van der Waals surface area contributed by atoms with Crippen LogP contribution < -0.4 is 5.73 Å². The predicted octanol–water partition coefficient (Wildman–Crippen LogP) is 1.27. The average Bonchev–Trinajstić information content (AvgIpc) is 2.29. The lowest BCUT2D eigenvalue weighted by molar-refractivity contribution is 0.276. The fourth-order valence-electron chi connectivity index (χ4n) is 1.78. The molecule has 1 aromatic carbocycles. The number of nitrogens with two attached hydrogens (primary N) is 1. The lowest BCUT2D eigenvalue weighted by Gasteiger charge is -2.20. The van der Waals surface area contributed by atoms with Crippen LogP contribution in [0.3, 0.4) is 0 Å². The molecule has 0 aromatic heterocycles. The first-order valence-electron chi connectivity index (χ1n) is 6.17. The van der Waals surface area contributed by atoms with Crippen molar-refractivity contribution in [2.75, 3.05) is 34.2 Å². The fourth-order valence-corrected chi connectivity index (χ4v) is 1.78. The zero-order valence-corrected chi connectivity index (χ0v) is 11.8. The van der Waals surface area contributed by atoms with Gasteiger partial charge in [-0.1, -0.05) is 12.1 Å². The van der Waals surface area contributed by atoms with Gasteiger partial charge in [-0.25, -0.2) is 0 Å². The highest BCUT2D eigenvalue weighted by molar-refractivity contribution is 5.95. The van der Waals surface area contributed by atoms with Crippen molar-refractivity contribution < 1.29 is 0 Å². The molecule has 18 heavy (non-hydrogen) atoms. The molecule has 0 bridgehead atoms. The molecule has 0 spiro atoms. The molecule has 0 atom stereocenters. The number of nitrogen functional groups attached to an aromatic ring is 1. The van der Waals surface area contributed by atoms with Gasteiger partial charge in [0.1, 0.15) is 5.84 Å². The van der Waals surface area contributed by atoms with Gasteiger partial charge in [0.05, 0.1) is 0 Å². The van der Waals surface area contributed by atoms with Crippen LogP contribution in [0.4, 0.5) is 0 Å². The van der Waals surface area contributed by atoms with Crippen molar-refractivity contribution in [1.82, 2.24) is 9.80 Å². The molecule has 0 aliphatic heterocycles. The van der Waals surface area contributed by atoms with Gasteiger partial charge in [0.2, 0.25) is 0 Å². The molecule has 0 heterocycles. The molecule has 100 valence electrons. The summed E-state index contributed by atoms with van der Waals surface area (Å²) in [6, 6.07) is 5.97. The molecule has 0 amide bonds. The van der Waals surface area contributed by atoms with Gasteiger partial charge in [-0.3, -0.25) is 5.41 Å². The van der Waals surface area contributed by atoms with E-state index in [-0.39, 0.29) is 5.84 Å². The minimum atomic E-state index is 0.130. The standard InChI is InChI=1S/C14H24N4/c1-11-9-12(14(15)16)5-6-13(11)10-18(4)8-7-17(2)3/h5-6,9H,7-8,10H2,1-4H3,(H3,15,16). The van der Waals surface area contributed by atoms with E-state index in [0.29, 0.717) is 0 Å². The predicted molar refractivity (Wildman–Crippen MR) is 77.1 cm³/mol. The van der Waals surface area contributed by atoms with E-state index >= 15 is 0 Å². The maximum Gasteiger partial charge on any atom is 0.122 e. The molecule has 1 aromatic rings. The third-order valence-electron chi connectivity index (χ3n) is 3.02. The molecular formula is C14H24N4. The van der Waals surface area contributed by atoms with Crippen LogP contribution >= 0.6 is 0 Å². The Morgan fingerprint density at radius 3 is 2.39 bits per heavy atom. The molecule has 0 fully saturated rings. The highest BCUT2D eigenvalue weighted by Crippen LogP contribution is 2.12. The lowest BCUT2D eigenvalue weighted by Crippen LogP contribution is -2.28. The molecule has 0 saturated heterocycles. The summed E-state index contributed by atoms with van der Waals surface area (Å²) in [6.07, 6.45) is 0. The molecule has 0 radical (unpaired) electrons. The fraction of sp³-hybridized carbons (Fsp3) is 0.500. The van der Waals surface area contributed by atoms with Crippen LogP contribution in [0.5, 0.6) is 0 Å². The SMILES string of the molecule is Cc1cc(C(=N)N)ccc1CN(C)CCN(C)C. The van der Waals surface area contributed by atoms with Gasteiger partial charge >= 0.3 is 0 Å². The Morgan fingerprint density at radius 2 is 1.89 bits per heavy atom. The number of hydrogen-bond acceptors (Lipinski definition) is 3. The summed E-state index contributed by atoms with van der Waals surface area (Å²) in [5.74, 6) is 0.130. The zero-order valence-electron chi connectivity index (χ0n) is 11.8. The highest BCUT2D eigenvalue weighted by atomic mass is 15.1. The van der Waals surface area contributed by atoms with E-state index in [1.54, 1.807) is 0 Å². The van der Waals surface area contributed by atoms with Crippen molar-refractivity contribution in [3.8, 4) is 0 Å². The molecule has 0 aliphatic carbocycles. The summed E-state index contributed by atoms with van der Waals surface area (Å²) in [5.41, 5.74) is 8.77. The Morgan fingerprint density at radius 1 is 1.22 bits per heavy atom. The van der Waals surface area contributed by atoms with E-state index in [1.165, 1.54) is 11.1 Å². The van der Waals surface area contributed by atoms with Gasteiger partial charge in [0, 0.05) is 25.2 Å². The first-order chi connectivity index (χ1) is 8.40. The summed E-state index contributed by atoms with van der Waals surface area (Å²) in [7, 11) is 6.29. The molecule has 1 rings (SSSR count). The molecular weight excluding hydrogens is 224 g/mol. The Kier molecular flexibility index (Phi) is 5.31. The van der Waals surface area contributed by atoms with Crippen LogP contribution in [-0.2, 0) is 6.54 Å². The van der Waals surface area contributed by atoms with Crippen molar-refractivity contribution in [2.24, 2.45) is 5.73 Å². The minimum Gasteiger partial charge on any atom is -0.384 e. The Labute approximate surface area is 110 Å². The number of hydrogen-bond donors (Lipinski definition) is 2. The van der Waals surface area contributed by atoms with Crippen LogP contribution in [0.2, 0.25) is 0 Å². The van der Waals surface area contributed by atoms with Gasteiger partial charge in [0.15, 0.2) is 0 Å². The first-order valence-corrected chi connectivity index (χ1v) is 6.17. The zero-order chi connectivity index (χ0) is 13.7. The second-order valence-electron chi connectivity index (χ2n) is 5.10. The first kappa shape index (κ1) is 14.7. The van der Waals surface area contributed by atoms with E-state index in [2.05, 4.69) is 43.9 Å². The quantitative estimate of drug-likeness (QED) is 0.589. The number of likely N-dealkylation sites (N-methyl/N-ethyl adjacent to an activating group) is 2. The number of aryl methyl sites for hydroxylation is 1. The largest absolute Gasteiger partial charge is 0.384 e. The topological polar surface area (TPSA) is 56.4 Å². The van der Waals surface area contributed by atoms with Crippen LogP contribution in [0.15, 0.2) is 18.2 Å². The molecule has 4 nitrogen and oxygen atoms in total. The number of nitrogens with zero attached hydrogens (tertiary/aromatic N) is 2. The van der Waals surface area contributed by atoms with Crippen molar-refractivity contribution in [3.05, 3.63) is 34.9 Å². The summed E-state index contributed by atoms with van der Waals surface area (Å²) in [5, 5.41) is 7.42. The Balaban J connectivity index is 2.64. The van der Waals surface area contributed by atoms with Gasteiger partial charge in [-0.05, 0) is 45.3 Å². The van der Waals surface area contributed by atoms with Crippen LogP contribution in [0.1, 0.15) is 16.7 Å². The van der Waals surface area contributed by atoms with Crippen molar-refractivity contribution >= 4 is 5.84 Å². The third-order valence-corrected chi connectivity index (χ3v) is 3.02. The van der Waals surface area contributed by atoms with Crippen molar-refractivity contribution in [1.29, 1.82) is 5.41 Å². The van der Waals surface area contributed by atoms with Gasteiger partial charge in [0.25, 0.3) is 0 Å². The average molecular weight is 248 g/mol. The van der Waals surface area contributed by atoms with E-state index in [4.69, 9.17) is 11.1 Å². The van der Waals surface area contributed by atoms with Crippen LogP contribution in [0.25, 0.3) is 0 Å². The normalized spacial score (nSPS) is 11.2. The van der Waals surface area contributed by atoms with E-state index in [0.717, 1.165) is 25.2 Å². The molecule has 3 N–H and O–H groups in total. The summed E-state index contributed by atoms with van der Waals surface area (Å²) in [6.45, 7) is 5.10. The molecule has 4 heteroatoms. The monoisotopic (exact) mass is 248 g/mol. The molecule has 0 unspecified atom stereocenters. The molecule has 0 aliphatic rings. The number of nitrogens with one attached hydrogen (secondary N) is 1.